The molecule has 2 heterocycles. The van der Waals surface area contributed by atoms with E-state index in [1.54, 1.807) is 23.1 Å². The maximum Gasteiger partial charge on any atom is 0.239 e. The van der Waals surface area contributed by atoms with Crippen LogP contribution in [0.2, 0.25) is 0 Å². The van der Waals surface area contributed by atoms with Gasteiger partial charge in [-0.1, -0.05) is 35.6 Å². The number of thiazole rings is 1. The van der Waals surface area contributed by atoms with Crippen LogP contribution >= 0.6 is 23.1 Å². The molecule has 1 fully saturated rings. The van der Waals surface area contributed by atoms with Crippen molar-refractivity contribution in [1.82, 2.24) is 9.88 Å². The number of rotatable bonds is 7. The first-order chi connectivity index (χ1) is 14.6. The van der Waals surface area contributed by atoms with Crippen molar-refractivity contribution in [3.05, 3.63) is 53.6 Å². The molecule has 2 aromatic carbocycles. The third kappa shape index (κ3) is 5.03. The van der Waals surface area contributed by atoms with Gasteiger partial charge in [-0.25, -0.2) is 4.98 Å². The van der Waals surface area contributed by atoms with Crippen LogP contribution < -0.4 is 4.90 Å². The van der Waals surface area contributed by atoms with Crippen molar-refractivity contribution in [2.45, 2.75) is 18.7 Å². The number of fused-ring (bicyclic) bond motifs is 1. The largest absolute Gasteiger partial charge is 0.379 e. The predicted molar refractivity (Wildman–Crippen MR) is 126 cm³/mol. The molecule has 1 amide bonds. The summed E-state index contributed by atoms with van der Waals surface area (Å²) >= 11 is 3.18. The van der Waals surface area contributed by atoms with Crippen LogP contribution in [0.1, 0.15) is 11.1 Å². The Bertz CT molecular complexity index is 1000. The summed E-state index contributed by atoms with van der Waals surface area (Å²) in [4.78, 5) is 23.5. The van der Waals surface area contributed by atoms with Crippen LogP contribution in [-0.4, -0.2) is 60.9 Å². The zero-order valence-corrected chi connectivity index (χ0v) is 19.1. The second kappa shape index (κ2) is 9.92. The molecule has 0 N–H and O–H groups in total. The molecule has 0 radical (unpaired) electrons. The monoisotopic (exact) mass is 441 g/mol. The Hall–Kier alpha value is -1.93. The molecule has 3 aromatic rings. The molecule has 0 atom stereocenters. The molecule has 5 nitrogen and oxygen atoms in total. The molecule has 0 unspecified atom stereocenters. The van der Waals surface area contributed by atoms with Crippen molar-refractivity contribution in [3.63, 3.8) is 0 Å². The van der Waals surface area contributed by atoms with Gasteiger partial charge in [0, 0.05) is 31.1 Å². The molecule has 1 aliphatic heterocycles. The highest BCUT2D eigenvalue weighted by Gasteiger charge is 2.22. The number of carbonyl (C=O) groups excluding carboxylic acids is 1. The number of carbonyl (C=O) groups is 1. The summed E-state index contributed by atoms with van der Waals surface area (Å²) in [5.74, 6) is 0.506. The Morgan fingerprint density at radius 3 is 2.70 bits per heavy atom. The third-order valence-corrected chi connectivity index (χ3v) is 7.49. The lowest BCUT2D eigenvalue weighted by Gasteiger charge is -2.29. The second-order valence-electron chi connectivity index (χ2n) is 7.45. The van der Waals surface area contributed by atoms with Gasteiger partial charge in [0.15, 0.2) is 5.13 Å². The fraction of sp³-hybridized carbons (Fsp3) is 0.391. The zero-order valence-electron chi connectivity index (χ0n) is 17.5. The van der Waals surface area contributed by atoms with E-state index in [0.717, 1.165) is 53.1 Å². The average molecular weight is 442 g/mol. The van der Waals surface area contributed by atoms with Gasteiger partial charge in [-0.2, -0.15) is 0 Å². The van der Waals surface area contributed by atoms with Crippen LogP contribution in [-0.2, 0) is 9.53 Å². The lowest BCUT2D eigenvalue weighted by molar-refractivity contribution is -0.116. The summed E-state index contributed by atoms with van der Waals surface area (Å²) in [7, 11) is 0. The van der Waals surface area contributed by atoms with E-state index < -0.39 is 0 Å². The molecule has 0 spiro atoms. The molecular formula is C23H27N3O2S2. The topological polar surface area (TPSA) is 45.7 Å². The normalized spacial score (nSPS) is 14.9. The van der Waals surface area contributed by atoms with Crippen LogP contribution in [0.5, 0.6) is 0 Å². The van der Waals surface area contributed by atoms with Gasteiger partial charge in [0.1, 0.15) is 0 Å². The summed E-state index contributed by atoms with van der Waals surface area (Å²) in [5.41, 5.74) is 3.43. The second-order valence-corrected chi connectivity index (χ2v) is 9.51. The van der Waals surface area contributed by atoms with E-state index in [1.165, 1.54) is 11.1 Å². The summed E-state index contributed by atoms with van der Waals surface area (Å²) < 4.78 is 6.59. The van der Waals surface area contributed by atoms with Crippen molar-refractivity contribution >= 4 is 44.4 Å². The Morgan fingerprint density at radius 2 is 1.93 bits per heavy atom. The number of hydrogen-bond donors (Lipinski definition) is 0. The van der Waals surface area contributed by atoms with Gasteiger partial charge in [0.2, 0.25) is 5.91 Å². The minimum Gasteiger partial charge on any atom is -0.379 e. The van der Waals surface area contributed by atoms with E-state index in [-0.39, 0.29) is 5.91 Å². The number of benzene rings is 2. The van der Waals surface area contributed by atoms with Crippen molar-refractivity contribution in [3.8, 4) is 0 Å². The predicted octanol–water partition coefficient (Wildman–Crippen LogP) is 4.37. The first kappa shape index (κ1) is 21.3. The molecule has 0 aliphatic carbocycles. The molecule has 7 heteroatoms. The van der Waals surface area contributed by atoms with Gasteiger partial charge < -0.3 is 4.74 Å². The van der Waals surface area contributed by atoms with Crippen LogP contribution in [0, 0.1) is 13.8 Å². The summed E-state index contributed by atoms with van der Waals surface area (Å²) in [5, 5.41) is 0.797. The number of nitrogens with zero attached hydrogens (tertiary/aromatic N) is 3. The Kier molecular flexibility index (Phi) is 7.04. The van der Waals surface area contributed by atoms with Crippen LogP contribution in [0.25, 0.3) is 10.2 Å². The molecule has 4 rings (SSSR count). The summed E-state index contributed by atoms with van der Waals surface area (Å²) in [6.07, 6.45) is 0. The SMILES string of the molecule is Cc1ccc2sc(N(CCN3CCOCC3)C(=O)CSc3ccccc3)nc2c1C. The highest BCUT2D eigenvalue weighted by molar-refractivity contribution is 8.00. The molecule has 1 aromatic heterocycles. The van der Waals surface area contributed by atoms with Gasteiger partial charge in [-0.15, -0.1) is 11.8 Å². The van der Waals surface area contributed by atoms with Crippen LogP contribution in [0.3, 0.4) is 0 Å². The number of hydrogen-bond acceptors (Lipinski definition) is 6. The summed E-state index contributed by atoms with van der Waals surface area (Å²) in [6.45, 7) is 9.04. The van der Waals surface area contributed by atoms with E-state index in [9.17, 15) is 4.79 Å². The van der Waals surface area contributed by atoms with E-state index in [4.69, 9.17) is 9.72 Å². The fourth-order valence-corrected chi connectivity index (χ4v) is 5.33. The highest BCUT2D eigenvalue weighted by Crippen LogP contribution is 2.32. The Balaban J connectivity index is 1.54. The number of aryl methyl sites for hydroxylation is 2. The molecule has 158 valence electrons. The Labute approximate surface area is 186 Å². The smallest absolute Gasteiger partial charge is 0.239 e. The molecule has 30 heavy (non-hydrogen) atoms. The van der Waals surface area contributed by atoms with Gasteiger partial charge in [0.05, 0.1) is 29.2 Å². The minimum atomic E-state index is 0.102. The first-order valence-electron chi connectivity index (χ1n) is 10.3. The van der Waals surface area contributed by atoms with E-state index in [1.807, 2.05) is 35.2 Å². The van der Waals surface area contributed by atoms with Crippen molar-refractivity contribution in [2.75, 3.05) is 50.0 Å². The van der Waals surface area contributed by atoms with Crippen molar-refractivity contribution in [2.24, 2.45) is 0 Å². The lowest BCUT2D eigenvalue weighted by atomic mass is 10.1. The molecule has 1 aliphatic rings. The quantitative estimate of drug-likeness (QED) is 0.510. The number of amides is 1. The Morgan fingerprint density at radius 1 is 1.17 bits per heavy atom. The highest BCUT2D eigenvalue weighted by atomic mass is 32.2. The van der Waals surface area contributed by atoms with E-state index in [0.29, 0.717) is 12.3 Å². The number of anilines is 1. The van der Waals surface area contributed by atoms with Gasteiger partial charge in [-0.3, -0.25) is 14.6 Å². The number of ether oxygens (including phenoxy) is 1. The van der Waals surface area contributed by atoms with E-state index >= 15 is 0 Å². The van der Waals surface area contributed by atoms with Gasteiger partial charge in [0.25, 0.3) is 0 Å². The molecule has 0 bridgehead atoms. The van der Waals surface area contributed by atoms with Gasteiger partial charge >= 0.3 is 0 Å². The number of morpholine rings is 1. The maximum atomic E-state index is 13.2. The molecule has 0 saturated carbocycles. The lowest BCUT2D eigenvalue weighted by Crippen LogP contribution is -2.43. The van der Waals surface area contributed by atoms with Gasteiger partial charge in [-0.05, 0) is 43.2 Å². The average Bonchev–Trinajstić information content (AvgIpc) is 3.21. The first-order valence-corrected chi connectivity index (χ1v) is 12.1. The van der Waals surface area contributed by atoms with E-state index in [2.05, 4.69) is 30.9 Å². The van der Waals surface area contributed by atoms with Crippen molar-refractivity contribution in [1.29, 1.82) is 0 Å². The fourth-order valence-electron chi connectivity index (χ4n) is 3.46. The zero-order chi connectivity index (χ0) is 20.9. The number of aromatic nitrogens is 1. The molecule has 1 saturated heterocycles. The van der Waals surface area contributed by atoms with Crippen LogP contribution in [0.15, 0.2) is 47.4 Å². The number of thioether (sulfide) groups is 1. The standard InChI is InChI=1S/C23H27N3O2S2/c1-17-8-9-20-22(18(17)2)24-23(30-20)26(11-10-25-12-14-28-15-13-25)21(27)16-29-19-6-4-3-5-7-19/h3-9H,10-16H2,1-2H3. The van der Waals surface area contributed by atoms with Crippen LogP contribution in [0.4, 0.5) is 5.13 Å². The van der Waals surface area contributed by atoms with Crippen molar-refractivity contribution < 1.29 is 9.53 Å². The maximum absolute atomic E-state index is 13.2. The minimum absolute atomic E-state index is 0.102. The molecular weight excluding hydrogens is 414 g/mol. The summed E-state index contributed by atoms with van der Waals surface area (Å²) in [6, 6.07) is 14.3. The third-order valence-electron chi connectivity index (χ3n) is 5.45.